The van der Waals surface area contributed by atoms with Gasteiger partial charge in [-0.1, -0.05) is 23.2 Å². The number of benzene rings is 2. The van der Waals surface area contributed by atoms with Crippen LogP contribution in [0.3, 0.4) is 0 Å². The van der Waals surface area contributed by atoms with Crippen molar-refractivity contribution in [2.45, 2.75) is 13.8 Å². The minimum Gasteiger partial charge on any atom is -0.318 e. The molecule has 0 atom stereocenters. The molecule has 1 aliphatic heterocycles. The Kier molecular flexibility index (Phi) is 4.94. The van der Waals surface area contributed by atoms with Crippen LogP contribution >= 0.6 is 23.2 Å². The van der Waals surface area contributed by atoms with Gasteiger partial charge in [0.05, 0.1) is 5.69 Å². The first-order valence-corrected chi connectivity index (χ1v) is 9.68. The zero-order chi connectivity index (χ0) is 20.7. The first kappa shape index (κ1) is 19.3. The molecule has 0 bridgehead atoms. The Labute approximate surface area is 178 Å². The minimum absolute atomic E-state index is 0.223. The molecular formula is C22H17Cl2N3O2. The molecule has 0 aliphatic carbocycles. The molecule has 3 aromatic rings. The fraction of sp³-hybridized carbons (Fsp3) is 0.0909. The minimum atomic E-state index is -0.491. The maximum atomic E-state index is 12.8. The van der Waals surface area contributed by atoms with Gasteiger partial charge in [0.1, 0.15) is 5.70 Å². The second-order valence-corrected chi connectivity index (χ2v) is 7.62. The van der Waals surface area contributed by atoms with Gasteiger partial charge >= 0.3 is 6.03 Å². The normalized spacial score (nSPS) is 15.3. The highest BCUT2D eigenvalue weighted by atomic mass is 35.5. The predicted octanol–water partition coefficient (Wildman–Crippen LogP) is 5.50. The quantitative estimate of drug-likeness (QED) is 0.444. The van der Waals surface area contributed by atoms with Crippen molar-refractivity contribution in [3.63, 3.8) is 0 Å². The highest BCUT2D eigenvalue weighted by molar-refractivity contribution is 6.31. The summed E-state index contributed by atoms with van der Waals surface area (Å²) >= 11 is 11.9. The maximum Gasteiger partial charge on any atom is 0.333 e. The number of aromatic nitrogens is 1. The molecule has 1 N–H and O–H groups in total. The van der Waals surface area contributed by atoms with E-state index in [0.29, 0.717) is 15.7 Å². The average Bonchev–Trinajstić information content (AvgIpc) is 3.12. The molecule has 0 spiro atoms. The van der Waals surface area contributed by atoms with Crippen molar-refractivity contribution >= 4 is 46.9 Å². The molecule has 0 unspecified atom stereocenters. The number of nitrogens with one attached hydrogen (secondary N) is 1. The van der Waals surface area contributed by atoms with Crippen molar-refractivity contribution in [1.82, 2.24) is 9.88 Å². The Bertz CT molecular complexity index is 1150. The summed E-state index contributed by atoms with van der Waals surface area (Å²) in [6, 6.07) is 15.6. The van der Waals surface area contributed by atoms with Crippen LogP contribution in [-0.2, 0) is 4.79 Å². The third-order valence-corrected chi connectivity index (χ3v) is 5.32. The lowest BCUT2D eigenvalue weighted by molar-refractivity contribution is -0.113. The monoisotopic (exact) mass is 425 g/mol. The van der Waals surface area contributed by atoms with E-state index < -0.39 is 11.9 Å². The number of urea groups is 1. The van der Waals surface area contributed by atoms with Gasteiger partial charge in [0.25, 0.3) is 5.91 Å². The molecule has 2 heterocycles. The average molecular weight is 426 g/mol. The number of nitrogens with zero attached hydrogens (tertiary/aromatic N) is 2. The molecule has 1 aromatic heterocycles. The van der Waals surface area contributed by atoms with E-state index in [1.54, 1.807) is 30.3 Å². The van der Waals surface area contributed by atoms with Gasteiger partial charge in [-0.05, 0) is 80.1 Å². The summed E-state index contributed by atoms with van der Waals surface area (Å²) in [5.41, 5.74) is 4.46. The van der Waals surface area contributed by atoms with Gasteiger partial charge in [0, 0.05) is 27.1 Å². The summed E-state index contributed by atoms with van der Waals surface area (Å²) in [6.45, 7) is 3.95. The Morgan fingerprint density at radius 3 is 2.00 bits per heavy atom. The zero-order valence-corrected chi connectivity index (χ0v) is 17.3. The summed E-state index contributed by atoms with van der Waals surface area (Å²) in [5, 5.41) is 3.86. The van der Waals surface area contributed by atoms with E-state index in [1.165, 1.54) is 0 Å². The Morgan fingerprint density at radius 1 is 0.862 bits per heavy atom. The van der Waals surface area contributed by atoms with Crippen LogP contribution in [0.15, 0.2) is 60.3 Å². The largest absolute Gasteiger partial charge is 0.333 e. The molecule has 3 amide bonds. The molecule has 1 saturated heterocycles. The van der Waals surface area contributed by atoms with Gasteiger partial charge in [0.15, 0.2) is 0 Å². The molecular weight excluding hydrogens is 409 g/mol. The van der Waals surface area contributed by atoms with E-state index >= 15 is 0 Å². The molecule has 4 rings (SSSR count). The van der Waals surface area contributed by atoms with Crippen LogP contribution in [0.1, 0.15) is 17.0 Å². The topological polar surface area (TPSA) is 54.3 Å². The second-order valence-electron chi connectivity index (χ2n) is 6.74. The van der Waals surface area contributed by atoms with Gasteiger partial charge in [-0.15, -0.1) is 0 Å². The molecule has 1 fully saturated rings. The predicted molar refractivity (Wildman–Crippen MR) is 116 cm³/mol. The number of hydrogen-bond donors (Lipinski definition) is 1. The maximum absolute atomic E-state index is 12.8. The number of imide groups is 1. The number of anilines is 1. The van der Waals surface area contributed by atoms with Crippen molar-refractivity contribution in [2.75, 3.05) is 4.90 Å². The van der Waals surface area contributed by atoms with E-state index in [1.807, 2.05) is 44.2 Å². The number of amides is 3. The molecule has 0 saturated carbocycles. The number of halogens is 2. The van der Waals surface area contributed by atoms with E-state index in [9.17, 15) is 9.59 Å². The summed E-state index contributed by atoms with van der Waals surface area (Å²) in [4.78, 5) is 26.3. The van der Waals surface area contributed by atoms with Gasteiger partial charge in [-0.2, -0.15) is 0 Å². The molecule has 0 radical (unpaired) electrons. The van der Waals surface area contributed by atoms with Crippen molar-refractivity contribution in [2.24, 2.45) is 0 Å². The fourth-order valence-corrected chi connectivity index (χ4v) is 3.69. The van der Waals surface area contributed by atoms with Crippen molar-refractivity contribution in [3.05, 3.63) is 87.3 Å². The van der Waals surface area contributed by atoms with Crippen LogP contribution in [0.4, 0.5) is 10.5 Å². The van der Waals surface area contributed by atoms with Crippen LogP contribution in [-0.4, -0.2) is 16.5 Å². The summed E-state index contributed by atoms with van der Waals surface area (Å²) in [7, 11) is 0. The molecule has 29 heavy (non-hydrogen) atoms. The van der Waals surface area contributed by atoms with Crippen molar-refractivity contribution < 1.29 is 9.59 Å². The van der Waals surface area contributed by atoms with Gasteiger partial charge < -0.3 is 9.88 Å². The smallest absolute Gasteiger partial charge is 0.318 e. The summed E-state index contributed by atoms with van der Waals surface area (Å²) in [5.74, 6) is -0.409. The number of hydrogen-bond acceptors (Lipinski definition) is 2. The second kappa shape index (κ2) is 7.43. The Morgan fingerprint density at radius 2 is 1.41 bits per heavy atom. The van der Waals surface area contributed by atoms with Crippen molar-refractivity contribution in [1.29, 1.82) is 0 Å². The lowest BCUT2D eigenvalue weighted by atomic mass is 10.2. The van der Waals surface area contributed by atoms with Gasteiger partial charge in [0.2, 0.25) is 0 Å². The summed E-state index contributed by atoms with van der Waals surface area (Å²) in [6.07, 6.45) is 1.70. The van der Waals surface area contributed by atoms with Crippen LogP contribution < -0.4 is 10.2 Å². The van der Waals surface area contributed by atoms with E-state index in [0.717, 1.165) is 27.5 Å². The standard InChI is InChI=1S/C22H17Cl2N3O2/c1-13-11-15(14(2)26(13)18-7-3-16(23)4-8-18)12-20-21(28)27(22(29)25-20)19-9-5-17(24)6-10-19/h3-12H,1-2H3,(H,25,29)/b20-12-. The molecule has 2 aromatic carbocycles. The zero-order valence-electron chi connectivity index (χ0n) is 15.7. The number of aryl methyl sites for hydroxylation is 1. The molecule has 1 aliphatic rings. The van der Waals surface area contributed by atoms with E-state index in [2.05, 4.69) is 9.88 Å². The Balaban J connectivity index is 1.69. The third kappa shape index (κ3) is 3.55. The van der Waals surface area contributed by atoms with Crippen LogP contribution in [0.2, 0.25) is 10.0 Å². The van der Waals surface area contributed by atoms with Crippen LogP contribution in [0, 0.1) is 13.8 Å². The van der Waals surface area contributed by atoms with Gasteiger partial charge in [-0.25, -0.2) is 9.69 Å². The van der Waals surface area contributed by atoms with Gasteiger partial charge in [-0.3, -0.25) is 4.79 Å². The fourth-order valence-electron chi connectivity index (χ4n) is 3.44. The van der Waals surface area contributed by atoms with Crippen molar-refractivity contribution in [3.8, 4) is 5.69 Å². The molecule has 7 heteroatoms. The molecule has 5 nitrogen and oxygen atoms in total. The summed E-state index contributed by atoms with van der Waals surface area (Å²) < 4.78 is 2.07. The number of carbonyl (C=O) groups is 2. The van der Waals surface area contributed by atoms with E-state index in [-0.39, 0.29) is 5.70 Å². The Hall–Kier alpha value is -3.02. The highest BCUT2D eigenvalue weighted by Crippen LogP contribution is 2.27. The van der Waals surface area contributed by atoms with Crippen LogP contribution in [0.5, 0.6) is 0 Å². The number of carbonyl (C=O) groups excluding carboxylic acids is 2. The lowest BCUT2D eigenvalue weighted by Gasteiger charge is -2.11. The lowest BCUT2D eigenvalue weighted by Crippen LogP contribution is -2.30. The first-order valence-electron chi connectivity index (χ1n) is 8.93. The number of rotatable bonds is 3. The molecule has 146 valence electrons. The first-order chi connectivity index (χ1) is 13.8. The van der Waals surface area contributed by atoms with Crippen LogP contribution in [0.25, 0.3) is 11.8 Å². The van der Waals surface area contributed by atoms with E-state index in [4.69, 9.17) is 23.2 Å². The SMILES string of the molecule is Cc1cc(/C=C2\NC(=O)N(c3ccc(Cl)cc3)C2=O)c(C)n1-c1ccc(Cl)cc1. The third-order valence-electron chi connectivity index (χ3n) is 4.82. The highest BCUT2D eigenvalue weighted by Gasteiger charge is 2.35.